The Morgan fingerprint density at radius 1 is 1.33 bits per heavy atom. The van der Waals surface area contributed by atoms with Crippen LogP contribution in [-0.2, 0) is 0 Å². The molecule has 0 spiro atoms. The molecule has 15 heavy (non-hydrogen) atoms. The van der Waals surface area contributed by atoms with Gasteiger partial charge in [-0.1, -0.05) is 0 Å². The summed E-state index contributed by atoms with van der Waals surface area (Å²) in [5, 5.41) is 21.6. The van der Waals surface area contributed by atoms with E-state index < -0.39 is 0 Å². The van der Waals surface area contributed by atoms with Crippen molar-refractivity contribution in [2.45, 2.75) is 12.5 Å². The molecule has 1 aliphatic rings. The van der Waals surface area contributed by atoms with Gasteiger partial charge < -0.3 is 15.5 Å². The first-order valence-corrected chi connectivity index (χ1v) is 6.78. The lowest BCUT2D eigenvalue weighted by molar-refractivity contribution is 0.121. The molecule has 0 aromatic rings. The van der Waals surface area contributed by atoms with Crippen LogP contribution in [0.25, 0.3) is 0 Å². The van der Waals surface area contributed by atoms with Crippen molar-refractivity contribution in [3.63, 3.8) is 0 Å². The van der Waals surface area contributed by atoms with Gasteiger partial charge in [-0.2, -0.15) is 11.8 Å². The molecule has 1 unspecified atom stereocenters. The van der Waals surface area contributed by atoms with Crippen LogP contribution in [0.3, 0.4) is 0 Å². The summed E-state index contributed by atoms with van der Waals surface area (Å²) in [6.07, 6.45) is 0.595. The Bertz CT molecular complexity index is 154. The first kappa shape index (κ1) is 13.3. The minimum atomic E-state index is -0.230. The zero-order valence-electron chi connectivity index (χ0n) is 9.19. The second-order valence-electron chi connectivity index (χ2n) is 3.86. The van der Waals surface area contributed by atoms with Gasteiger partial charge in [-0.15, -0.1) is 0 Å². The number of thioether (sulfide) groups is 1. The van der Waals surface area contributed by atoms with E-state index in [1.165, 1.54) is 0 Å². The maximum absolute atomic E-state index is 9.76. The molecule has 90 valence electrons. The van der Waals surface area contributed by atoms with E-state index in [0.717, 1.165) is 50.7 Å². The van der Waals surface area contributed by atoms with Crippen LogP contribution in [0.2, 0.25) is 0 Å². The second kappa shape index (κ2) is 8.35. The van der Waals surface area contributed by atoms with Gasteiger partial charge in [0.25, 0.3) is 0 Å². The van der Waals surface area contributed by atoms with Crippen LogP contribution in [0.15, 0.2) is 0 Å². The molecule has 1 atom stereocenters. The van der Waals surface area contributed by atoms with Gasteiger partial charge in [0.2, 0.25) is 0 Å². The van der Waals surface area contributed by atoms with E-state index in [1.54, 1.807) is 11.8 Å². The average molecular weight is 234 g/mol. The molecule has 4 nitrogen and oxygen atoms in total. The Morgan fingerprint density at radius 3 is 2.73 bits per heavy atom. The first-order chi connectivity index (χ1) is 7.33. The Kier molecular flexibility index (Phi) is 7.38. The summed E-state index contributed by atoms with van der Waals surface area (Å²) in [6, 6.07) is 0. The normalized spacial score (nSPS) is 20.4. The summed E-state index contributed by atoms with van der Waals surface area (Å²) in [5.74, 6) is 1.72. The van der Waals surface area contributed by atoms with Crippen molar-refractivity contribution < 1.29 is 10.2 Å². The van der Waals surface area contributed by atoms with E-state index in [4.69, 9.17) is 5.11 Å². The lowest BCUT2D eigenvalue weighted by atomic mass is 10.3. The lowest BCUT2D eigenvalue weighted by Gasteiger charge is -2.28. The van der Waals surface area contributed by atoms with E-state index in [0.29, 0.717) is 0 Å². The number of aliphatic hydroxyl groups is 2. The molecule has 0 aromatic heterocycles. The van der Waals surface area contributed by atoms with Gasteiger partial charge in [0.1, 0.15) is 0 Å². The maximum Gasteiger partial charge on any atom is 0.0757 e. The molecule has 1 fully saturated rings. The Morgan fingerprint density at radius 2 is 2.07 bits per heavy atom. The molecular weight excluding hydrogens is 212 g/mol. The molecule has 1 saturated heterocycles. The van der Waals surface area contributed by atoms with Crippen molar-refractivity contribution in [1.29, 1.82) is 0 Å². The van der Waals surface area contributed by atoms with Gasteiger partial charge in [-0.3, -0.25) is 4.90 Å². The van der Waals surface area contributed by atoms with E-state index in [9.17, 15) is 5.11 Å². The number of hydrogen-bond acceptors (Lipinski definition) is 5. The molecule has 0 bridgehead atoms. The van der Waals surface area contributed by atoms with Gasteiger partial charge in [0.15, 0.2) is 0 Å². The van der Waals surface area contributed by atoms with Gasteiger partial charge in [-0.05, 0) is 12.2 Å². The Balaban J connectivity index is 1.98. The highest BCUT2D eigenvalue weighted by molar-refractivity contribution is 7.99. The molecule has 0 radical (unpaired) electrons. The highest BCUT2D eigenvalue weighted by Gasteiger charge is 2.13. The molecule has 0 saturated carbocycles. The number of nitrogens with zero attached hydrogens (tertiary/aromatic N) is 1. The first-order valence-electron chi connectivity index (χ1n) is 5.62. The predicted octanol–water partition coefficient (Wildman–Crippen LogP) is -0.632. The van der Waals surface area contributed by atoms with Gasteiger partial charge >= 0.3 is 0 Å². The third kappa shape index (κ3) is 6.37. The van der Waals surface area contributed by atoms with Crippen LogP contribution in [0.5, 0.6) is 0 Å². The zero-order chi connectivity index (χ0) is 10.9. The summed E-state index contributed by atoms with van der Waals surface area (Å²) in [4.78, 5) is 2.30. The van der Waals surface area contributed by atoms with Crippen molar-refractivity contribution in [3.05, 3.63) is 0 Å². The fourth-order valence-electron chi connectivity index (χ4n) is 1.63. The SMILES string of the molecule is OCCCSCC(O)CN1CCNCC1. The monoisotopic (exact) mass is 234 g/mol. The van der Waals surface area contributed by atoms with E-state index in [2.05, 4.69) is 10.2 Å². The van der Waals surface area contributed by atoms with Crippen LogP contribution in [0.4, 0.5) is 0 Å². The summed E-state index contributed by atoms with van der Waals surface area (Å²) in [5.41, 5.74) is 0. The summed E-state index contributed by atoms with van der Waals surface area (Å²) in [7, 11) is 0. The number of nitrogens with one attached hydrogen (secondary N) is 1. The largest absolute Gasteiger partial charge is 0.396 e. The fraction of sp³-hybridized carbons (Fsp3) is 1.00. The van der Waals surface area contributed by atoms with Crippen LogP contribution >= 0.6 is 11.8 Å². The number of rotatable bonds is 7. The van der Waals surface area contributed by atoms with Gasteiger partial charge in [-0.25, -0.2) is 0 Å². The van der Waals surface area contributed by atoms with Crippen LogP contribution in [-0.4, -0.2) is 72.1 Å². The maximum atomic E-state index is 9.76. The third-order valence-electron chi connectivity index (χ3n) is 2.44. The lowest BCUT2D eigenvalue weighted by Crippen LogP contribution is -2.46. The summed E-state index contributed by atoms with van der Waals surface area (Å²) in [6.45, 7) is 5.18. The van der Waals surface area contributed by atoms with Crippen molar-refractivity contribution in [2.75, 3.05) is 50.8 Å². The molecule has 5 heteroatoms. The molecule has 1 heterocycles. The standard InChI is InChI=1S/C10H22N2O2S/c13-6-1-7-15-9-10(14)8-12-4-2-11-3-5-12/h10-11,13-14H,1-9H2. The quantitative estimate of drug-likeness (QED) is 0.512. The van der Waals surface area contributed by atoms with Crippen LogP contribution < -0.4 is 5.32 Å². The average Bonchev–Trinajstić information content (AvgIpc) is 2.26. The number of piperazine rings is 1. The Hall–Kier alpha value is 0.190. The van der Waals surface area contributed by atoms with Gasteiger partial charge in [0, 0.05) is 45.1 Å². The second-order valence-corrected chi connectivity index (χ2v) is 5.01. The van der Waals surface area contributed by atoms with Crippen molar-refractivity contribution in [2.24, 2.45) is 0 Å². The van der Waals surface area contributed by atoms with E-state index in [1.807, 2.05) is 0 Å². The predicted molar refractivity (Wildman–Crippen MR) is 64.3 cm³/mol. The summed E-state index contributed by atoms with van der Waals surface area (Å²) < 4.78 is 0. The summed E-state index contributed by atoms with van der Waals surface area (Å²) >= 11 is 1.72. The third-order valence-corrected chi connectivity index (χ3v) is 3.63. The zero-order valence-corrected chi connectivity index (χ0v) is 10.0. The van der Waals surface area contributed by atoms with E-state index in [-0.39, 0.29) is 12.7 Å². The highest BCUT2D eigenvalue weighted by Crippen LogP contribution is 2.06. The Labute approximate surface area is 96.0 Å². The van der Waals surface area contributed by atoms with Crippen molar-refractivity contribution in [1.82, 2.24) is 10.2 Å². The molecule has 1 aliphatic heterocycles. The molecular formula is C10H22N2O2S. The highest BCUT2D eigenvalue weighted by atomic mass is 32.2. The molecule has 1 rings (SSSR count). The molecule has 0 amide bonds. The molecule has 0 aromatic carbocycles. The molecule has 0 aliphatic carbocycles. The molecule has 3 N–H and O–H groups in total. The topological polar surface area (TPSA) is 55.7 Å². The number of hydrogen-bond donors (Lipinski definition) is 3. The van der Waals surface area contributed by atoms with Gasteiger partial charge in [0.05, 0.1) is 6.10 Å². The minimum Gasteiger partial charge on any atom is -0.396 e. The van der Waals surface area contributed by atoms with Crippen molar-refractivity contribution >= 4 is 11.8 Å². The van der Waals surface area contributed by atoms with E-state index >= 15 is 0 Å². The minimum absolute atomic E-state index is 0.230. The number of aliphatic hydroxyl groups excluding tert-OH is 2. The smallest absolute Gasteiger partial charge is 0.0757 e. The van der Waals surface area contributed by atoms with Crippen molar-refractivity contribution in [3.8, 4) is 0 Å². The van der Waals surface area contributed by atoms with Crippen LogP contribution in [0.1, 0.15) is 6.42 Å². The van der Waals surface area contributed by atoms with Crippen LogP contribution in [0, 0.1) is 0 Å². The number of β-amino-alcohol motifs (C(OH)–C–C–N with tert-alkyl or cyclic N) is 1. The fourth-order valence-corrected chi connectivity index (χ4v) is 2.51.